The number of carbonyl (C=O) groups excluding carboxylic acids is 3. The molecule has 2 aromatic rings. The number of carbonyl (C=O) groups is 3. The van der Waals surface area contributed by atoms with E-state index in [2.05, 4.69) is 17.0 Å². The van der Waals surface area contributed by atoms with Crippen molar-refractivity contribution in [1.82, 2.24) is 0 Å². The van der Waals surface area contributed by atoms with Crippen molar-refractivity contribution in [3.63, 3.8) is 0 Å². The first kappa shape index (κ1) is 18.1. The van der Waals surface area contributed by atoms with Crippen LogP contribution in [-0.4, -0.2) is 24.9 Å². The highest BCUT2D eigenvalue weighted by atomic mass is 32.1. The van der Waals surface area contributed by atoms with Gasteiger partial charge in [-0.1, -0.05) is 13.0 Å². The van der Waals surface area contributed by atoms with Crippen molar-refractivity contribution in [1.29, 1.82) is 0 Å². The van der Waals surface area contributed by atoms with Crippen LogP contribution in [0.15, 0.2) is 24.3 Å². The van der Waals surface area contributed by atoms with Crippen molar-refractivity contribution in [2.24, 2.45) is 11.7 Å². The van der Waals surface area contributed by atoms with Crippen LogP contribution < -0.4 is 11.1 Å². The monoisotopic (exact) mass is 372 g/mol. The Balaban J connectivity index is 1.90. The predicted octanol–water partition coefficient (Wildman–Crippen LogP) is 3.01. The van der Waals surface area contributed by atoms with Crippen molar-refractivity contribution < 1.29 is 19.1 Å². The quantitative estimate of drug-likeness (QED) is 0.806. The van der Waals surface area contributed by atoms with Gasteiger partial charge in [0, 0.05) is 10.4 Å². The van der Waals surface area contributed by atoms with Crippen LogP contribution in [-0.2, 0) is 17.6 Å². The summed E-state index contributed by atoms with van der Waals surface area (Å²) < 4.78 is 4.68. The van der Waals surface area contributed by atoms with E-state index in [0.717, 1.165) is 29.7 Å². The van der Waals surface area contributed by atoms with E-state index in [9.17, 15) is 14.4 Å². The molecule has 0 bridgehead atoms. The number of nitrogens with one attached hydrogen (secondary N) is 1. The number of anilines is 1. The molecule has 6 nitrogen and oxygen atoms in total. The number of amides is 2. The first-order valence-electron chi connectivity index (χ1n) is 8.34. The van der Waals surface area contributed by atoms with Gasteiger partial charge in [-0.05, 0) is 48.9 Å². The highest BCUT2D eigenvalue weighted by Crippen LogP contribution is 2.39. The van der Waals surface area contributed by atoms with Crippen LogP contribution in [0.4, 0.5) is 5.00 Å². The Kier molecular flexibility index (Phi) is 5.08. The van der Waals surface area contributed by atoms with Crippen molar-refractivity contribution in [2.45, 2.75) is 26.2 Å². The van der Waals surface area contributed by atoms with Crippen LogP contribution in [0.3, 0.4) is 0 Å². The van der Waals surface area contributed by atoms with Crippen LogP contribution in [0.25, 0.3) is 0 Å². The molecule has 0 radical (unpaired) electrons. The third-order valence-corrected chi connectivity index (χ3v) is 5.70. The van der Waals surface area contributed by atoms with Gasteiger partial charge in [0.25, 0.3) is 11.8 Å². The molecule has 2 amide bonds. The predicted molar refractivity (Wildman–Crippen MR) is 99.8 cm³/mol. The zero-order chi connectivity index (χ0) is 18.8. The lowest BCUT2D eigenvalue weighted by molar-refractivity contribution is 0.0600. The van der Waals surface area contributed by atoms with Crippen LogP contribution in [0, 0.1) is 5.92 Å². The van der Waals surface area contributed by atoms with E-state index in [0.29, 0.717) is 22.0 Å². The van der Waals surface area contributed by atoms with Crippen molar-refractivity contribution in [3.8, 4) is 0 Å². The number of ether oxygens (including phenoxy) is 1. The number of rotatable bonds is 4. The molecule has 26 heavy (non-hydrogen) atoms. The second kappa shape index (κ2) is 7.29. The third-order valence-electron chi connectivity index (χ3n) is 4.53. The molecule has 136 valence electrons. The van der Waals surface area contributed by atoms with Crippen LogP contribution in [0.5, 0.6) is 0 Å². The molecule has 1 aliphatic rings. The van der Waals surface area contributed by atoms with Crippen LogP contribution in [0.1, 0.15) is 54.9 Å². The highest BCUT2D eigenvalue weighted by Gasteiger charge is 2.27. The molecule has 3 rings (SSSR count). The summed E-state index contributed by atoms with van der Waals surface area (Å²) in [5.74, 6) is -0.902. The first-order chi connectivity index (χ1) is 12.4. The minimum absolute atomic E-state index is 0.287. The largest absolute Gasteiger partial charge is 0.465 e. The topological polar surface area (TPSA) is 98.5 Å². The number of thiophene rings is 1. The molecule has 1 aliphatic carbocycles. The number of methoxy groups -OCH3 is 1. The van der Waals surface area contributed by atoms with E-state index in [1.165, 1.54) is 24.5 Å². The number of hydrogen-bond donors (Lipinski definition) is 2. The molecule has 3 N–H and O–H groups in total. The van der Waals surface area contributed by atoms with Crippen molar-refractivity contribution >= 4 is 34.1 Å². The molecule has 1 unspecified atom stereocenters. The highest BCUT2D eigenvalue weighted by molar-refractivity contribution is 7.17. The smallest absolute Gasteiger partial charge is 0.337 e. The van der Waals surface area contributed by atoms with Gasteiger partial charge in [0.05, 0.1) is 18.2 Å². The molecule has 1 aromatic carbocycles. The maximum atomic E-state index is 12.6. The number of benzene rings is 1. The SMILES string of the molecule is COC(=O)c1cccc(C(=O)Nc2sc3c(c2C(N)=O)CCC(C)C3)c1. The lowest BCUT2D eigenvalue weighted by Crippen LogP contribution is -2.19. The summed E-state index contributed by atoms with van der Waals surface area (Å²) in [5, 5.41) is 3.27. The van der Waals surface area contributed by atoms with Gasteiger partial charge in [0.15, 0.2) is 0 Å². The standard InChI is InChI=1S/C19H20N2O4S/c1-10-6-7-13-14(8-10)26-18(15(13)16(20)22)21-17(23)11-4-3-5-12(9-11)19(24)25-2/h3-5,9-10H,6-8H2,1-2H3,(H2,20,22)(H,21,23). The molecular formula is C19H20N2O4S. The third kappa shape index (κ3) is 3.48. The summed E-state index contributed by atoms with van der Waals surface area (Å²) in [6.45, 7) is 2.17. The Labute approximate surface area is 155 Å². The molecule has 1 aromatic heterocycles. The lowest BCUT2D eigenvalue weighted by Gasteiger charge is -2.18. The fraction of sp³-hybridized carbons (Fsp3) is 0.316. The second-order valence-corrected chi connectivity index (χ2v) is 7.55. The summed E-state index contributed by atoms with van der Waals surface area (Å²) in [6, 6.07) is 6.24. The number of esters is 1. The number of primary amides is 1. The Bertz CT molecular complexity index is 888. The molecule has 0 saturated carbocycles. The van der Waals surface area contributed by atoms with Gasteiger partial charge >= 0.3 is 5.97 Å². The summed E-state index contributed by atoms with van der Waals surface area (Å²) in [4.78, 5) is 37.3. The zero-order valence-corrected chi connectivity index (χ0v) is 15.4. The minimum Gasteiger partial charge on any atom is -0.465 e. The molecule has 0 spiro atoms. The van der Waals surface area contributed by atoms with Gasteiger partial charge in [0.2, 0.25) is 0 Å². The van der Waals surface area contributed by atoms with Gasteiger partial charge in [-0.3, -0.25) is 9.59 Å². The van der Waals surface area contributed by atoms with Gasteiger partial charge in [0.1, 0.15) is 5.00 Å². The molecule has 7 heteroatoms. The minimum atomic E-state index is -0.532. The Morgan fingerprint density at radius 1 is 1.27 bits per heavy atom. The summed E-state index contributed by atoms with van der Waals surface area (Å²) in [6.07, 6.45) is 2.67. The number of hydrogen-bond acceptors (Lipinski definition) is 5. The maximum Gasteiger partial charge on any atom is 0.337 e. The molecule has 1 heterocycles. The normalized spacial score (nSPS) is 15.8. The molecule has 0 saturated heterocycles. The van der Waals surface area contributed by atoms with E-state index in [-0.39, 0.29) is 5.56 Å². The van der Waals surface area contributed by atoms with Crippen LogP contribution >= 0.6 is 11.3 Å². The van der Waals surface area contributed by atoms with E-state index in [1.54, 1.807) is 18.2 Å². The molecule has 0 aliphatic heterocycles. The average molecular weight is 372 g/mol. The van der Waals surface area contributed by atoms with E-state index in [4.69, 9.17) is 5.73 Å². The summed E-state index contributed by atoms with van der Waals surface area (Å²) in [5.41, 5.74) is 7.53. The van der Waals surface area contributed by atoms with Gasteiger partial charge < -0.3 is 15.8 Å². The van der Waals surface area contributed by atoms with E-state index >= 15 is 0 Å². The fourth-order valence-corrected chi connectivity index (χ4v) is 4.59. The summed E-state index contributed by atoms with van der Waals surface area (Å²) >= 11 is 1.41. The van der Waals surface area contributed by atoms with E-state index in [1.807, 2.05) is 0 Å². The van der Waals surface area contributed by atoms with Crippen molar-refractivity contribution in [2.75, 3.05) is 12.4 Å². The van der Waals surface area contributed by atoms with Gasteiger partial charge in [-0.15, -0.1) is 11.3 Å². The van der Waals surface area contributed by atoms with Gasteiger partial charge in [-0.2, -0.15) is 0 Å². The lowest BCUT2D eigenvalue weighted by atomic mass is 9.88. The van der Waals surface area contributed by atoms with Crippen molar-refractivity contribution in [3.05, 3.63) is 51.4 Å². The van der Waals surface area contributed by atoms with Gasteiger partial charge in [-0.25, -0.2) is 4.79 Å². The van der Waals surface area contributed by atoms with Crippen LogP contribution in [0.2, 0.25) is 0 Å². The molecule has 1 atom stereocenters. The summed E-state index contributed by atoms with van der Waals surface area (Å²) in [7, 11) is 1.28. The van der Waals surface area contributed by atoms with E-state index < -0.39 is 17.8 Å². The number of fused-ring (bicyclic) bond motifs is 1. The Morgan fingerprint density at radius 3 is 2.69 bits per heavy atom. The average Bonchev–Trinajstić information content (AvgIpc) is 2.98. The second-order valence-electron chi connectivity index (χ2n) is 6.45. The fourth-order valence-electron chi connectivity index (χ4n) is 3.18. The maximum absolute atomic E-state index is 12.6. The Morgan fingerprint density at radius 2 is 2.00 bits per heavy atom. The first-order valence-corrected chi connectivity index (χ1v) is 9.16. The number of nitrogens with two attached hydrogens (primary N) is 1. The molecular weight excluding hydrogens is 352 g/mol. The molecule has 0 fully saturated rings. The Hall–Kier alpha value is -2.67. The zero-order valence-electron chi connectivity index (χ0n) is 14.6.